The Balaban J connectivity index is 1.49. The van der Waals surface area contributed by atoms with E-state index in [1.807, 2.05) is 40.5 Å². The molecule has 0 fully saturated rings. The van der Waals surface area contributed by atoms with Gasteiger partial charge in [0.15, 0.2) is 0 Å². The summed E-state index contributed by atoms with van der Waals surface area (Å²) < 4.78 is 7.02. The molecule has 0 aliphatic heterocycles. The zero-order valence-corrected chi connectivity index (χ0v) is 14.0. The van der Waals surface area contributed by atoms with Crippen LogP contribution in [0.5, 0.6) is 5.75 Å². The fourth-order valence-corrected chi connectivity index (χ4v) is 2.90. The Labute approximate surface area is 144 Å². The predicted molar refractivity (Wildman–Crippen MR) is 95.6 cm³/mol. The van der Waals surface area contributed by atoms with E-state index in [0.29, 0.717) is 24.5 Å². The number of nitrogens with zero attached hydrogens (tertiary/aromatic N) is 2. The number of rotatable bonds is 6. The number of carbonyl (C=O) groups excluding carboxylic acids is 1. The van der Waals surface area contributed by atoms with Gasteiger partial charge >= 0.3 is 6.03 Å². The highest BCUT2D eigenvalue weighted by Gasteiger charge is 2.06. The Morgan fingerprint density at radius 3 is 2.96 bits per heavy atom. The van der Waals surface area contributed by atoms with Crippen molar-refractivity contribution in [1.29, 1.82) is 0 Å². The Morgan fingerprint density at radius 2 is 2.17 bits per heavy atom. The summed E-state index contributed by atoms with van der Waals surface area (Å²) in [6, 6.07) is 11.0. The van der Waals surface area contributed by atoms with Gasteiger partial charge in [-0.05, 0) is 29.6 Å². The Bertz CT molecular complexity index is 799. The van der Waals surface area contributed by atoms with Crippen molar-refractivity contribution in [3.8, 4) is 17.0 Å². The third kappa shape index (κ3) is 3.94. The minimum Gasteiger partial charge on any atom is -0.495 e. The second-order valence-electron chi connectivity index (χ2n) is 5.06. The van der Waals surface area contributed by atoms with Crippen LogP contribution in [-0.2, 0) is 6.54 Å². The fraction of sp³-hybridized carbons (Fsp3) is 0.176. The molecule has 0 saturated carbocycles. The molecular weight excluding hydrogens is 324 g/mol. The first kappa shape index (κ1) is 16.1. The molecule has 0 unspecified atom stereocenters. The molecular formula is C17H18N4O2S. The van der Waals surface area contributed by atoms with E-state index in [9.17, 15) is 4.79 Å². The number of ether oxygens (including phenoxy) is 1. The first-order chi connectivity index (χ1) is 11.8. The Kier molecular flexibility index (Phi) is 5.12. The van der Waals surface area contributed by atoms with E-state index < -0.39 is 0 Å². The van der Waals surface area contributed by atoms with Gasteiger partial charge < -0.3 is 15.4 Å². The maximum atomic E-state index is 12.0. The first-order valence-corrected chi connectivity index (χ1v) is 8.44. The van der Waals surface area contributed by atoms with Gasteiger partial charge in [-0.1, -0.05) is 12.1 Å². The zero-order chi connectivity index (χ0) is 16.8. The summed E-state index contributed by atoms with van der Waals surface area (Å²) in [6.07, 6.45) is 1.91. The molecule has 3 rings (SSSR count). The van der Waals surface area contributed by atoms with Gasteiger partial charge in [-0.15, -0.1) is 0 Å². The molecule has 2 amide bonds. The number of methoxy groups -OCH3 is 1. The van der Waals surface area contributed by atoms with Gasteiger partial charge in [0, 0.05) is 23.7 Å². The van der Waals surface area contributed by atoms with Crippen LogP contribution in [0.2, 0.25) is 0 Å². The van der Waals surface area contributed by atoms with Crippen LogP contribution in [0.4, 0.5) is 10.5 Å². The van der Waals surface area contributed by atoms with E-state index in [0.717, 1.165) is 11.3 Å². The molecule has 7 heteroatoms. The van der Waals surface area contributed by atoms with Crippen molar-refractivity contribution in [2.24, 2.45) is 0 Å². The number of anilines is 1. The molecule has 2 heterocycles. The lowest BCUT2D eigenvalue weighted by Gasteiger charge is -2.10. The first-order valence-electron chi connectivity index (χ1n) is 7.50. The van der Waals surface area contributed by atoms with Crippen molar-refractivity contribution in [3.05, 3.63) is 53.4 Å². The van der Waals surface area contributed by atoms with Crippen LogP contribution in [0.1, 0.15) is 0 Å². The molecule has 1 aromatic carbocycles. The summed E-state index contributed by atoms with van der Waals surface area (Å²) in [5.41, 5.74) is 2.69. The number of para-hydroxylation sites is 2. The maximum Gasteiger partial charge on any atom is 0.319 e. The van der Waals surface area contributed by atoms with E-state index in [1.54, 1.807) is 30.6 Å². The van der Waals surface area contributed by atoms with Crippen LogP contribution in [0.15, 0.2) is 53.4 Å². The molecule has 124 valence electrons. The SMILES string of the molecule is COc1ccccc1NC(=O)NCCn1ccc(-c2ccsc2)n1. The van der Waals surface area contributed by atoms with Crippen LogP contribution in [0.3, 0.4) is 0 Å². The highest BCUT2D eigenvalue weighted by molar-refractivity contribution is 7.08. The highest BCUT2D eigenvalue weighted by atomic mass is 32.1. The Morgan fingerprint density at radius 1 is 1.29 bits per heavy atom. The average molecular weight is 342 g/mol. The minimum atomic E-state index is -0.273. The third-order valence-electron chi connectivity index (χ3n) is 3.44. The van der Waals surface area contributed by atoms with Crippen LogP contribution in [-0.4, -0.2) is 29.5 Å². The van der Waals surface area contributed by atoms with E-state index in [1.165, 1.54) is 0 Å². The molecule has 3 aromatic rings. The van der Waals surface area contributed by atoms with Crippen molar-refractivity contribution < 1.29 is 9.53 Å². The van der Waals surface area contributed by atoms with Crippen molar-refractivity contribution >= 4 is 23.1 Å². The standard InChI is InChI=1S/C17H18N4O2S/c1-23-16-5-3-2-4-15(16)19-17(22)18-8-10-21-9-6-14(20-21)13-7-11-24-12-13/h2-7,9,11-12H,8,10H2,1H3,(H2,18,19,22). The molecule has 2 N–H and O–H groups in total. The second-order valence-corrected chi connectivity index (χ2v) is 5.84. The fourth-order valence-electron chi connectivity index (χ4n) is 2.25. The average Bonchev–Trinajstić information content (AvgIpc) is 3.26. The number of hydrogen-bond donors (Lipinski definition) is 2. The molecule has 0 atom stereocenters. The molecule has 0 spiro atoms. The summed E-state index contributed by atoms with van der Waals surface area (Å²) in [4.78, 5) is 12.0. The number of amides is 2. The van der Waals surface area contributed by atoms with Crippen LogP contribution >= 0.6 is 11.3 Å². The van der Waals surface area contributed by atoms with E-state index in [4.69, 9.17) is 4.74 Å². The molecule has 0 radical (unpaired) electrons. The lowest BCUT2D eigenvalue weighted by atomic mass is 10.2. The highest BCUT2D eigenvalue weighted by Crippen LogP contribution is 2.22. The van der Waals surface area contributed by atoms with Gasteiger partial charge in [0.1, 0.15) is 5.75 Å². The number of urea groups is 1. The number of aromatic nitrogens is 2. The summed E-state index contributed by atoms with van der Waals surface area (Å²) >= 11 is 1.64. The Hall–Kier alpha value is -2.80. The summed E-state index contributed by atoms with van der Waals surface area (Å²) in [5, 5.41) is 14.2. The lowest BCUT2D eigenvalue weighted by molar-refractivity contribution is 0.251. The third-order valence-corrected chi connectivity index (χ3v) is 4.12. The summed E-state index contributed by atoms with van der Waals surface area (Å²) in [7, 11) is 1.57. The molecule has 2 aromatic heterocycles. The van der Waals surface area contributed by atoms with E-state index in [2.05, 4.69) is 21.1 Å². The largest absolute Gasteiger partial charge is 0.495 e. The second kappa shape index (κ2) is 7.65. The molecule has 0 bridgehead atoms. The summed E-state index contributed by atoms with van der Waals surface area (Å²) in [6.45, 7) is 1.08. The van der Waals surface area contributed by atoms with E-state index >= 15 is 0 Å². The van der Waals surface area contributed by atoms with Crippen molar-refractivity contribution in [3.63, 3.8) is 0 Å². The van der Waals surface area contributed by atoms with Crippen molar-refractivity contribution in [2.45, 2.75) is 6.54 Å². The molecule has 6 nitrogen and oxygen atoms in total. The summed E-state index contributed by atoms with van der Waals surface area (Å²) in [5.74, 6) is 0.625. The topological polar surface area (TPSA) is 68.2 Å². The van der Waals surface area contributed by atoms with Crippen molar-refractivity contribution in [1.82, 2.24) is 15.1 Å². The van der Waals surface area contributed by atoms with E-state index in [-0.39, 0.29) is 6.03 Å². The molecule has 24 heavy (non-hydrogen) atoms. The zero-order valence-electron chi connectivity index (χ0n) is 13.2. The normalized spacial score (nSPS) is 10.4. The van der Waals surface area contributed by atoms with Gasteiger partial charge in [-0.25, -0.2) is 4.79 Å². The maximum absolute atomic E-state index is 12.0. The lowest BCUT2D eigenvalue weighted by Crippen LogP contribution is -2.31. The monoisotopic (exact) mass is 342 g/mol. The number of thiophene rings is 1. The van der Waals surface area contributed by atoms with Crippen LogP contribution in [0.25, 0.3) is 11.3 Å². The van der Waals surface area contributed by atoms with Gasteiger partial charge in [-0.3, -0.25) is 4.68 Å². The molecule has 0 aliphatic carbocycles. The number of carbonyl (C=O) groups is 1. The molecule has 0 aliphatic rings. The van der Waals surface area contributed by atoms with Gasteiger partial charge in [0.25, 0.3) is 0 Å². The van der Waals surface area contributed by atoms with Crippen LogP contribution < -0.4 is 15.4 Å². The van der Waals surface area contributed by atoms with Crippen LogP contribution in [0, 0.1) is 0 Å². The predicted octanol–water partition coefficient (Wildman–Crippen LogP) is 3.44. The minimum absolute atomic E-state index is 0.273. The number of hydrogen-bond acceptors (Lipinski definition) is 4. The molecule has 0 saturated heterocycles. The number of nitrogens with one attached hydrogen (secondary N) is 2. The van der Waals surface area contributed by atoms with Crippen molar-refractivity contribution in [2.75, 3.05) is 19.0 Å². The van der Waals surface area contributed by atoms with Gasteiger partial charge in [-0.2, -0.15) is 16.4 Å². The van der Waals surface area contributed by atoms with Gasteiger partial charge in [0.2, 0.25) is 0 Å². The quantitative estimate of drug-likeness (QED) is 0.721. The number of benzene rings is 1. The smallest absolute Gasteiger partial charge is 0.319 e. The van der Waals surface area contributed by atoms with Gasteiger partial charge in [0.05, 0.1) is 25.0 Å².